The monoisotopic (exact) mass is 192 g/mol. The molecule has 0 aromatic heterocycles. The van der Waals surface area contributed by atoms with Gasteiger partial charge in [0, 0.05) is 17.7 Å². The van der Waals surface area contributed by atoms with Crippen molar-refractivity contribution in [2.75, 3.05) is 6.54 Å². The zero-order chi connectivity index (χ0) is 9.97. The summed E-state index contributed by atoms with van der Waals surface area (Å²) in [7, 11) is 0. The van der Waals surface area contributed by atoms with Gasteiger partial charge in [-0.25, -0.2) is 0 Å². The molecule has 0 radical (unpaired) electrons. The van der Waals surface area contributed by atoms with Crippen LogP contribution in [0, 0.1) is 10.1 Å². The molecule has 2 rings (SSSR count). The Morgan fingerprint density at radius 3 is 2.79 bits per heavy atom. The zero-order valence-corrected chi connectivity index (χ0v) is 7.77. The molecule has 1 aromatic rings. The second kappa shape index (κ2) is 3.75. The molecule has 0 bridgehead atoms. The molecule has 0 aliphatic carbocycles. The minimum atomic E-state index is -0.312. The van der Waals surface area contributed by atoms with Gasteiger partial charge in [0.2, 0.25) is 0 Å². The molecule has 1 saturated heterocycles. The molecular weight excluding hydrogens is 180 g/mol. The lowest BCUT2D eigenvalue weighted by Crippen LogP contribution is -2.44. The van der Waals surface area contributed by atoms with Crippen LogP contribution in [-0.4, -0.2) is 17.5 Å². The molecule has 1 aromatic carbocycles. The maximum Gasteiger partial charge on any atom is 0.272 e. The van der Waals surface area contributed by atoms with Crippen LogP contribution in [0.1, 0.15) is 12.0 Å². The molecule has 1 N–H and O–H groups in total. The van der Waals surface area contributed by atoms with E-state index in [1.165, 1.54) is 0 Å². The van der Waals surface area contributed by atoms with Crippen LogP contribution in [0.5, 0.6) is 0 Å². The largest absolute Gasteiger partial charge is 0.314 e. The van der Waals surface area contributed by atoms with E-state index in [4.69, 9.17) is 0 Å². The first kappa shape index (κ1) is 9.15. The van der Waals surface area contributed by atoms with Crippen molar-refractivity contribution >= 4 is 5.69 Å². The quantitative estimate of drug-likeness (QED) is 0.583. The molecular formula is C10H12N2O2. The Morgan fingerprint density at radius 2 is 2.21 bits per heavy atom. The molecule has 1 heterocycles. The lowest BCUT2D eigenvalue weighted by Gasteiger charge is -2.27. The number of para-hydroxylation sites is 1. The Balaban J connectivity index is 2.17. The van der Waals surface area contributed by atoms with Crippen molar-refractivity contribution < 1.29 is 4.92 Å². The van der Waals surface area contributed by atoms with Gasteiger partial charge in [-0.15, -0.1) is 0 Å². The third-order valence-corrected chi connectivity index (χ3v) is 2.58. The predicted octanol–water partition coefficient (Wildman–Crippen LogP) is 1.50. The predicted molar refractivity (Wildman–Crippen MR) is 53.2 cm³/mol. The van der Waals surface area contributed by atoms with Crippen LogP contribution >= 0.6 is 0 Å². The third kappa shape index (κ3) is 1.75. The van der Waals surface area contributed by atoms with Gasteiger partial charge in [0.25, 0.3) is 5.69 Å². The van der Waals surface area contributed by atoms with E-state index >= 15 is 0 Å². The maximum atomic E-state index is 10.7. The van der Waals surface area contributed by atoms with Gasteiger partial charge in [-0.3, -0.25) is 10.1 Å². The molecule has 0 amide bonds. The molecule has 1 atom stereocenters. The summed E-state index contributed by atoms with van der Waals surface area (Å²) in [4.78, 5) is 10.4. The lowest BCUT2D eigenvalue weighted by molar-refractivity contribution is -0.385. The summed E-state index contributed by atoms with van der Waals surface area (Å²) in [6.07, 6.45) is 1.88. The fourth-order valence-corrected chi connectivity index (χ4v) is 1.65. The maximum absolute atomic E-state index is 10.7. The number of hydrogen-bond donors (Lipinski definition) is 1. The van der Waals surface area contributed by atoms with Crippen LogP contribution in [0.15, 0.2) is 24.3 Å². The van der Waals surface area contributed by atoms with Crippen molar-refractivity contribution in [1.29, 1.82) is 0 Å². The van der Waals surface area contributed by atoms with Crippen molar-refractivity contribution in [2.24, 2.45) is 0 Å². The Labute approximate surface area is 82.1 Å². The van der Waals surface area contributed by atoms with E-state index < -0.39 is 0 Å². The van der Waals surface area contributed by atoms with Gasteiger partial charge < -0.3 is 5.32 Å². The van der Waals surface area contributed by atoms with Crippen LogP contribution in [0.4, 0.5) is 5.69 Å². The summed E-state index contributed by atoms with van der Waals surface area (Å²) in [5, 5.41) is 13.9. The zero-order valence-electron chi connectivity index (χ0n) is 7.77. The van der Waals surface area contributed by atoms with Gasteiger partial charge >= 0.3 is 0 Å². The van der Waals surface area contributed by atoms with Crippen LogP contribution < -0.4 is 5.32 Å². The third-order valence-electron chi connectivity index (χ3n) is 2.58. The lowest BCUT2D eigenvalue weighted by atomic mass is 9.97. The van der Waals surface area contributed by atoms with E-state index in [9.17, 15) is 10.1 Å². The van der Waals surface area contributed by atoms with Gasteiger partial charge in [-0.05, 0) is 19.4 Å². The summed E-state index contributed by atoms with van der Waals surface area (Å²) in [5.41, 5.74) is 1.07. The van der Waals surface area contributed by atoms with E-state index in [2.05, 4.69) is 5.32 Å². The van der Waals surface area contributed by atoms with E-state index in [1.807, 2.05) is 12.1 Å². The van der Waals surface area contributed by atoms with Gasteiger partial charge in [0.1, 0.15) is 0 Å². The number of nitrogens with zero attached hydrogens (tertiary/aromatic N) is 1. The van der Waals surface area contributed by atoms with Crippen LogP contribution in [0.3, 0.4) is 0 Å². The summed E-state index contributed by atoms with van der Waals surface area (Å²) in [5.74, 6) is 0. The Morgan fingerprint density at radius 1 is 1.50 bits per heavy atom. The van der Waals surface area contributed by atoms with Gasteiger partial charge in [0.05, 0.1) is 4.92 Å². The van der Waals surface area contributed by atoms with E-state index in [0.29, 0.717) is 6.04 Å². The average Bonchev–Trinajstić information content (AvgIpc) is 2.12. The summed E-state index contributed by atoms with van der Waals surface area (Å²) in [6.45, 7) is 1.03. The summed E-state index contributed by atoms with van der Waals surface area (Å²) in [6, 6.07) is 7.37. The molecule has 0 saturated carbocycles. The highest BCUT2D eigenvalue weighted by atomic mass is 16.6. The molecule has 0 spiro atoms. The van der Waals surface area contributed by atoms with Crippen molar-refractivity contribution in [1.82, 2.24) is 5.32 Å². The SMILES string of the molecule is O=[N+]([O-])c1ccccc1CC1CCN1. The van der Waals surface area contributed by atoms with Gasteiger partial charge in [-0.1, -0.05) is 18.2 Å². The normalized spacial score (nSPS) is 20.1. The molecule has 4 nitrogen and oxygen atoms in total. The first-order valence-electron chi connectivity index (χ1n) is 4.73. The highest BCUT2D eigenvalue weighted by Gasteiger charge is 2.21. The van der Waals surface area contributed by atoms with Crippen LogP contribution in [0.25, 0.3) is 0 Å². The molecule has 1 aliphatic heterocycles. The van der Waals surface area contributed by atoms with Crippen molar-refractivity contribution in [2.45, 2.75) is 18.9 Å². The second-order valence-corrected chi connectivity index (χ2v) is 3.53. The summed E-state index contributed by atoms with van der Waals surface area (Å²) < 4.78 is 0. The number of nitro benzene ring substituents is 1. The average molecular weight is 192 g/mol. The molecule has 14 heavy (non-hydrogen) atoms. The van der Waals surface area contributed by atoms with Crippen molar-refractivity contribution in [3.8, 4) is 0 Å². The van der Waals surface area contributed by atoms with E-state index in [-0.39, 0.29) is 10.6 Å². The number of hydrogen-bond acceptors (Lipinski definition) is 3. The second-order valence-electron chi connectivity index (χ2n) is 3.53. The molecule has 74 valence electrons. The highest BCUT2D eigenvalue weighted by Crippen LogP contribution is 2.21. The number of rotatable bonds is 3. The Hall–Kier alpha value is -1.42. The number of nitrogens with one attached hydrogen (secondary N) is 1. The standard InChI is InChI=1S/C10H12N2O2/c13-12(14)10-4-2-1-3-8(10)7-9-5-6-11-9/h1-4,9,11H,5-7H2. The molecule has 1 aliphatic rings. The fourth-order valence-electron chi connectivity index (χ4n) is 1.65. The topological polar surface area (TPSA) is 55.2 Å². The van der Waals surface area contributed by atoms with Gasteiger partial charge in [0.15, 0.2) is 0 Å². The number of nitro groups is 1. The molecule has 1 fully saturated rings. The van der Waals surface area contributed by atoms with Crippen LogP contribution in [-0.2, 0) is 6.42 Å². The van der Waals surface area contributed by atoms with Crippen LogP contribution in [0.2, 0.25) is 0 Å². The van der Waals surface area contributed by atoms with Crippen molar-refractivity contribution in [3.63, 3.8) is 0 Å². The fraction of sp³-hybridized carbons (Fsp3) is 0.400. The first-order valence-corrected chi connectivity index (χ1v) is 4.73. The number of benzene rings is 1. The van der Waals surface area contributed by atoms with E-state index in [0.717, 1.165) is 24.9 Å². The van der Waals surface area contributed by atoms with Gasteiger partial charge in [-0.2, -0.15) is 0 Å². The minimum Gasteiger partial charge on any atom is -0.314 e. The first-order chi connectivity index (χ1) is 6.77. The smallest absolute Gasteiger partial charge is 0.272 e. The Kier molecular flexibility index (Phi) is 2.45. The Bertz CT molecular complexity index is 348. The molecule has 4 heteroatoms. The minimum absolute atomic E-state index is 0.237. The van der Waals surface area contributed by atoms with Crippen molar-refractivity contribution in [3.05, 3.63) is 39.9 Å². The summed E-state index contributed by atoms with van der Waals surface area (Å²) >= 11 is 0. The molecule has 1 unspecified atom stereocenters. The highest BCUT2D eigenvalue weighted by molar-refractivity contribution is 5.40. The van der Waals surface area contributed by atoms with E-state index in [1.54, 1.807) is 12.1 Å².